The van der Waals surface area contributed by atoms with E-state index in [1.807, 2.05) is 13.8 Å². The summed E-state index contributed by atoms with van der Waals surface area (Å²) in [5, 5.41) is 0. The number of hydrogen-bond donors (Lipinski definition) is 2. The highest BCUT2D eigenvalue weighted by molar-refractivity contribution is 5.61. The summed E-state index contributed by atoms with van der Waals surface area (Å²) < 4.78 is 14.1. The standard InChI is InChI=1S/C13H15FN2.C2H6/c1-7-8-6-15-16-11(8)4-10(14)12(7)9-5-13(9)2-3-13;1-2/h4,9,15-16H,2-3,5-6H2,1H3;1-2H3. The van der Waals surface area contributed by atoms with Crippen LogP contribution in [-0.2, 0) is 6.54 Å². The summed E-state index contributed by atoms with van der Waals surface area (Å²) in [7, 11) is 0. The quantitative estimate of drug-likeness (QED) is 0.788. The molecule has 2 nitrogen and oxygen atoms in total. The van der Waals surface area contributed by atoms with Crippen LogP contribution in [0, 0.1) is 18.2 Å². The molecule has 0 saturated heterocycles. The van der Waals surface area contributed by atoms with E-state index in [1.54, 1.807) is 6.07 Å². The lowest BCUT2D eigenvalue weighted by molar-refractivity contribution is 0.603. The average Bonchev–Trinajstić information content (AvgIpc) is 3.24. The molecule has 1 aromatic rings. The third-order valence-corrected chi connectivity index (χ3v) is 4.63. The van der Waals surface area contributed by atoms with E-state index in [0.717, 1.165) is 17.8 Å². The fourth-order valence-electron chi connectivity index (χ4n) is 3.30. The molecule has 2 fully saturated rings. The van der Waals surface area contributed by atoms with Gasteiger partial charge < -0.3 is 5.43 Å². The van der Waals surface area contributed by atoms with Crippen LogP contribution < -0.4 is 10.9 Å². The highest BCUT2D eigenvalue weighted by atomic mass is 19.1. The summed E-state index contributed by atoms with van der Waals surface area (Å²) in [4.78, 5) is 0. The minimum atomic E-state index is -0.0128. The molecule has 4 rings (SSSR count). The number of rotatable bonds is 1. The van der Waals surface area contributed by atoms with Crippen molar-refractivity contribution in [3.05, 3.63) is 28.6 Å². The molecule has 2 N–H and O–H groups in total. The zero-order valence-electron chi connectivity index (χ0n) is 11.4. The van der Waals surface area contributed by atoms with Crippen molar-refractivity contribution in [2.45, 2.75) is 52.5 Å². The molecule has 18 heavy (non-hydrogen) atoms. The van der Waals surface area contributed by atoms with E-state index in [0.29, 0.717) is 11.3 Å². The van der Waals surface area contributed by atoms with Crippen LogP contribution in [0.3, 0.4) is 0 Å². The van der Waals surface area contributed by atoms with Gasteiger partial charge in [0.1, 0.15) is 5.82 Å². The zero-order valence-corrected chi connectivity index (χ0v) is 11.4. The summed E-state index contributed by atoms with van der Waals surface area (Å²) in [6, 6.07) is 1.66. The lowest BCUT2D eigenvalue weighted by Gasteiger charge is -2.11. The van der Waals surface area contributed by atoms with Crippen molar-refractivity contribution < 1.29 is 4.39 Å². The molecule has 1 aliphatic heterocycles. The van der Waals surface area contributed by atoms with E-state index in [1.165, 1.54) is 30.4 Å². The van der Waals surface area contributed by atoms with Gasteiger partial charge in [-0.2, -0.15) is 0 Å². The van der Waals surface area contributed by atoms with E-state index >= 15 is 0 Å². The maximum Gasteiger partial charge on any atom is 0.129 e. The normalized spacial score (nSPS) is 25.0. The van der Waals surface area contributed by atoms with Crippen LogP contribution in [0.2, 0.25) is 0 Å². The molecule has 3 aliphatic rings. The van der Waals surface area contributed by atoms with Crippen LogP contribution in [0.15, 0.2) is 6.07 Å². The number of hydrogen-bond acceptors (Lipinski definition) is 2. The monoisotopic (exact) mass is 248 g/mol. The Balaban J connectivity index is 0.000000478. The third-order valence-electron chi connectivity index (χ3n) is 4.63. The Morgan fingerprint density at radius 3 is 2.67 bits per heavy atom. The number of halogens is 1. The smallest absolute Gasteiger partial charge is 0.129 e. The summed E-state index contributed by atoms with van der Waals surface area (Å²) in [5.74, 6) is 0.500. The van der Waals surface area contributed by atoms with Gasteiger partial charge >= 0.3 is 0 Å². The van der Waals surface area contributed by atoms with Crippen molar-refractivity contribution in [2.24, 2.45) is 5.41 Å². The Kier molecular flexibility index (Phi) is 2.63. The van der Waals surface area contributed by atoms with Crippen molar-refractivity contribution in [1.29, 1.82) is 0 Å². The second kappa shape index (κ2) is 3.95. The number of benzene rings is 1. The molecule has 2 saturated carbocycles. The van der Waals surface area contributed by atoms with Gasteiger partial charge in [-0.05, 0) is 60.3 Å². The van der Waals surface area contributed by atoms with Gasteiger partial charge in [0, 0.05) is 6.54 Å². The Hall–Kier alpha value is -1.09. The van der Waals surface area contributed by atoms with E-state index in [-0.39, 0.29) is 5.82 Å². The predicted molar refractivity (Wildman–Crippen MR) is 72.0 cm³/mol. The largest absolute Gasteiger partial charge is 0.321 e. The molecular formula is C15H21FN2. The summed E-state index contributed by atoms with van der Waals surface area (Å²) in [6.45, 7) is 6.88. The molecule has 2 aliphatic carbocycles. The summed E-state index contributed by atoms with van der Waals surface area (Å²) in [5.41, 5.74) is 10.9. The van der Waals surface area contributed by atoms with E-state index in [9.17, 15) is 4.39 Å². The maximum atomic E-state index is 14.1. The van der Waals surface area contributed by atoms with Crippen molar-refractivity contribution in [2.75, 3.05) is 5.43 Å². The lowest BCUT2D eigenvalue weighted by atomic mass is 9.96. The molecule has 98 valence electrons. The number of anilines is 1. The highest BCUT2D eigenvalue weighted by Crippen LogP contribution is 2.75. The van der Waals surface area contributed by atoms with Crippen molar-refractivity contribution in [3.63, 3.8) is 0 Å². The molecule has 1 atom stereocenters. The molecule has 1 unspecified atom stereocenters. The second-order valence-electron chi connectivity index (χ2n) is 5.52. The fourth-order valence-corrected chi connectivity index (χ4v) is 3.30. The molecule has 0 aromatic heterocycles. The first-order valence-corrected chi connectivity index (χ1v) is 7.02. The first kappa shape index (κ1) is 12.0. The fraction of sp³-hybridized carbons (Fsp3) is 0.600. The lowest BCUT2D eigenvalue weighted by Crippen LogP contribution is -2.10. The minimum Gasteiger partial charge on any atom is -0.321 e. The van der Waals surface area contributed by atoms with Crippen LogP contribution in [0.4, 0.5) is 10.1 Å². The van der Waals surface area contributed by atoms with Crippen LogP contribution in [-0.4, -0.2) is 0 Å². The minimum absolute atomic E-state index is 0.0128. The Bertz CT molecular complexity index is 492. The van der Waals surface area contributed by atoms with Crippen LogP contribution >= 0.6 is 0 Å². The van der Waals surface area contributed by atoms with Crippen molar-refractivity contribution in [3.8, 4) is 0 Å². The molecular weight excluding hydrogens is 227 g/mol. The highest BCUT2D eigenvalue weighted by Gasteiger charge is 2.64. The number of hydrazine groups is 1. The predicted octanol–water partition coefficient (Wildman–Crippen LogP) is 3.86. The van der Waals surface area contributed by atoms with Crippen molar-refractivity contribution >= 4 is 5.69 Å². The molecule has 0 radical (unpaired) electrons. The molecule has 0 amide bonds. The topological polar surface area (TPSA) is 24.1 Å². The average molecular weight is 248 g/mol. The Labute approximate surface area is 108 Å². The Morgan fingerprint density at radius 1 is 1.33 bits per heavy atom. The van der Waals surface area contributed by atoms with Crippen LogP contribution in [0.25, 0.3) is 0 Å². The maximum absolute atomic E-state index is 14.1. The molecule has 1 aromatic carbocycles. The first-order chi connectivity index (χ1) is 8.71. The number of nitrogens with one attached hydrogen (secondary N) is 2. The van der Waals surface area contributed by atoms with Gasteiger partial charge in [-0.25, -0.2) is 9.82 Å². The molecule has 1 spiro atoms. The van der Waals surface area contributed by atoms with Gasteiger partial charge in [0.25, 0.3) is 0 Å². The van der Waals surface area contributed by atoms with E-state index < -0.39 is 0 Å². The zero-order chi connectivity index (χ0) is 12.9. The third kappa shape index (κ3) is 1.57. The van der Waals surface area contributed by atoms with Crippen molar-refractivity contribution in [1.82, 2.24) is 5.43 Å². The van der Waals surface area contributed by atoms with E-state index in [4.69, 9.17) is 0 Å². The van der Waals surface area contributed by atoms with Crippen LogP contribution in [0.1, 0.15) is 55.7 Å². The Morgan fingerprint density at radius 2 is 2.06 bits per heavy atom. The van der Waals surface area contributed by atoms with E-state index in [2.05, 4.69) is 17.8 Å². The van der Waals surface area contributed by atoms with Crippen LogP contribution in [0.5, 0.6) is 0 Å². The molecule has 1 heterocycles. The second-order valence-corrected chi connectivity index (χ2v) is 5.52. The molecule has 3 heteroatoms. The first-order valence-electron chi connectivity index (χ1n) is 7.02. The van der Waals surface area contributed by atoms with Gasteiger partial charge in [0.15, 0.2) is 0 Å². The number of fused-ring (bicyclic) bond motifs is 1. The van der Waals surface area contributed by atoms with Gasteiger partial charge in [-0.15, -0.1) is 0 Å². The van der Waals surface area contributed by atoms with Gasteiger partial charge in [0.05, 0.1) is 5.69 Å². The molecule has 0 bridgehead atoms. The van der Waals surface area contributed by atoms with Gasteiger partial charge in [0.2, 0.25) is 0 Å². The van der Waals surface area contributed by atoms with Gasteiger partial charge in [-0.1, -0.05) is 13.8 Å². The summed E-state index contributed by atoms with van der Waals surface area (Å²) in [6.07, 6.45) is 3.83. The summed E-state index contributed by atoms with van der Waals surface area (Å²) >= 11 is 0. The SMILES string of the molecule is CC.Cc1c2c(cc(F)c1C1CC13CC3)NNC2. The van der Waals surface area contributed by atoms with Gasteiger partial charge in [-0.3, -0.25) is 0 Å².